The van der Waals surface area contributed by atoms with Gasteiger partial charge in [-0.3, -0.25) is 5.10 Å². The molecule has 1 atom stereocenters. The topological polar surface area (TPSA) is 40.7 Å². The predicted octanol–water partition coefficient (Wildman–Crippen LogP) is 3.13. The summed E-state index contributed by atoms with van der Waals surface area (Å²) in [6, 6.07) is 2.59. The molecule has 3 nitrogen and oxygen atoms in total. The quantitative estimate of drug-likeness (QED) is 0.770. The molecule has 1 aliphatic rings. The van der Waals surface area contributed by atoms with Crippen LogP contribution in [0.1, 0.15) is 68.8 Å². The van der Waals surface area contributed by atoms with Crippen LogP contribution in [0.4, 0.5) is 0 Å². The Morgan fingerprint density at radius 2 is 2.00 bits per heavy atom. The van der Waals surface area contributed by atoms with E-state index < -0.39 is 0 Å². The van der Waals surface area contributed by atoms with Crippen LogP contribution in [0, 0.1) is 0 Å². The largest absolute Gasteiger partial charge is 0.312 e. The van der Waals surface area contributed by atoms with Crippen molar-refractivity contribution in [2.24, 2.45) is 0 Å². The first-order valence-electron chi connectivity index (χ1n) is 6.53. The molecule has 0 amide bonds. The zero-order valence-electron chi connectivity index (χ0n) is 10.4. The van der Waals surface area contributed by atoms with Crippen LogP contribution in [0.2, 0.25) is 0 Å². The Morgan fingerprint density at radius 3 is 2.62 bits per heavy atom. The van der Waals surface area contributed by atoms with Gasteiger partial charge in [-0.1, -0.05) is 25.7 Å². The van der Waals surface area contributed by atoms with Crippen LogP contribution in [-0.4, -0.2) is 17.2 Å². The molecule has 1 aliphatic carbocycles. The van der Waals surface area contributed by atoms with Crippen LogP contribution in [0.25, 0.3) is 0 Å². The molecule has 16 heavy (non-hydrogen) atoms. The molecule has 0 spiro atoms. The van der Waals surface area contributed by atoms with Crippen molar-refractivity contribution in [3.8, 4) is 0 Å². The average molecular weight is 221 g/mol. The van der Waals surface area contributed by atoms with Gasteiger partial charge in [-0.15, -0.1) is 0 Å². The van der Waals surface area contributed by atoms with Gasteiger partial charge in [-0.25, -0.2) is 0 Å². The van der Waals surface area contributed by atoms with Crippen molar-refractivity contribution >= 4 is 0 Å². The summed E-state index contributed by atoms with van der Waals surface area (Å²) in [5, 5.41) is 10.9. The van der Waals surface area contributed by atoms with Gasteiger partial charge >= 0.3 is 0 Å². The smallest absolute Gasteiger partial charge is 0.0791 e. The van der Waals surface area contributed by atoms with Crippen LogP contribution in [-0.2, 0) is 0 Å². The molecule has 0 radical (unpaired) electrons. The number of nitrogens with one attached hydrogen (secondary N) is 2. The first kappa shape index (κ1) is 11.6. The first-order chi connectivity index (χ1) is 7.81. The van der Waals surface area contributed by atoms with Crippen LogP contribution in [0.5, 0.6) is 0 Å². The fourth-order valence-corrected chi connectivity index (χ4v) is 2.52. The van der Waals surface area contributed by atoms with Crippen molar-refractivity contribution in [1.29, 1.82) is 0 Å². The molecule has 1 heterocycles. The highest BCUT2D eigenvalue weighted by molar-refractivity contribution is 5.15. The summed E-state index contributed by atoms with van der Waals surface area (Å²) in [6.45, 7) is 2.15. The molecule has 90 valence electrons. The zero-order valence-corrected chi connectivity index (χ0v) is 10.4. The van der Waals surface area contributed by atoms with Gasteiger partial charge in [0.05, 0.1) is 5.69 Å². The van der Waals surface area contributed by atoms with E-state index in [4.69, 9.17) is 0 Å². The molecule has 1 saturated carbocycles. The molecule has 2 N–H and O–H groups in total. The molecule has 0 aliphatic heterocycles. The van der Waals surface area contributed by atoms with Gasteiger partial charge in [0.25, 0.3) is 0 Å². The Labute approximate surface area is 98.0 Å². The zero-order chi connectivity index (χ0) is 11.4. The van der Waals surface area contributed by atoms with E-state index in [2.05, 4.69) is 28.5 Å². The third kappa shape index (κ3) is 2.64. The summed E-state index contributed by atoms with van der Waals surface area (Å²) in [7, 11) is 1.98. The Balaban J connectivity index is 2.05. The highest BCUT2D eigenvalue weighted by Gasteiger charge is 2.17. The number of aromatic nitrogens is 2. The monoisotopic (exact) mass is 221 g/mol. The molecule has 1 fully saturated rings. The maximum absolute atomic E-state index is 4.41. The molecule has 2 rings (SSSR count). The van der Waals surface area contributed by atoms with E-state index in [-0.39, 0.29) is 0 Å². The van der Waals surface area contributed by atoms with Crippen LogP contribution < -0.4 is 5.32 Å². The predicted molar refractivity (Wildman–Crippen MR) is 66.5 cm³/mol. The molecule has 1 aromatic heterocycles. The van der Waals surface area contributed by atoms with E-state index in [1.807, 2.05) is 7.05 Å². The summed E-state index contributed by atoms with van der Waals surface area (Å²) < 4.78 is 0. The fraction of sp³-hybridized carbons (Fsp3) is 0.769. The Morgan fingerprint density at radius 1 is 1.31 bits per heavy atom. The Kier molecular flexibility index (Phi) is 3.99. The Hall–Kier alpha value is -0.830. The second kappa shape index (κ2) is 5.48. The summed E-state index contributed by atoms with van der Waals surface area (Å²) in [5.74, 6) is 0.716. The highest BCUT2D eigenvalue weighted by atomic mass is 15.1. The minimum absolute atomic E-state index is 0.343. The lowest BCUT2D eigenvalue weighted by Crippen LogP contribution is -2.12. The number of rotatable bonds is 3. The minimum atomic E-state index is 0.343. The fourth-order valence-electron chi connectivity index (χ4n) is 2.52. The van der Waals surface area contributed by atoms with Crippen molar-refractivity contribution in [2.45, 2.75) is 57.4 Å². The van der Waals surface area contributed by atoms with Gasteiger partial charge in [0.1, 0.15) is 0 Å². The van der Waals surface area contributed by atoms with Crippen molar-refractivity contribution in [3.05, 3.63) is 17.5 Å². The first-order valence-corrected chi connectivity index (χ1v) is 6.53. The Bertz CT molecular complexity index is 311. The summed E-state index contributed by atoms with van der Waals surface area (Å²) >= 11 is 0. The van der Waals surface area contributed by atoms with Crippen molar-refractivity contribution < 1.29 is 0 Å². The highest BCUT2D eigenvalue weighted by Crippen LogP contribution is 2.31. The van der Waals surface area contributed by atoms with Gasteiger partial charge in [0, 0.05) is 17.7 Å². The molecule has 3 heteroatoms. The maximum Gasteiger partial charge on any atom is 0.0791 e. The van der Waals surface area contributed by atoms with Crippen LogP contribution in [0.15, 0.2) is 6.07 Å². The van der Waals surface area contributed by atoms with Gasteiger partial charge < -0.3 is 5.32 Å². The van der Waals surface area contributed by atoms with E-state index in [0.717, 1.165) is 5.69 Å². The number of aromatic amines is 1. The molecule has 1 aromatic rings. The maximum atomic E-state index is 4.41. The van der Waals surface area contributed by atoms with Crippen molar-refractivity contribution in [1.82, 2.24) is 15.5 Å². The number of nitrogens with zero attached hydrogens (tertiary/aromatic N) is 1. The SMILES string of the molecule is CNC(C)c1cc(C2CCCCCC2)[nH]n1. The molecule has 0 aromatic carbocycles. The summed E-state index contributed by atoms with van der Waals surface area (Å²) in [5.41, 5.74) is 2.49. The van der Waals surface area contributed by atoms with Gasteiger partial charge in [0.15, 0.2) is 0 Å². The standard InChI is InChI=1S/C13H23N3/c1-10(14-2)12-9-13(16-15-12)11-7-5-3-4-6-8-11/h9-11,14H,3-8H2,1-2H3,(H,15,16). The third-order valence-electron chi connectivity index (χ3n) is 3.79. The van der Waals surface area contributed by atoms with Crippen molar-refractivity contribution in [2.75, 3.05) is 7.05 Å². The lowest BCUT2D eigenvalue weighted by atomic mass is 9.96. The number of hydrogen-bond acceptors (Lipinski definition) is 2. The van der Waals surface area contributed by atoms with Gasteiger partial charge in [0.2, 0.25) is 0 Å². The molecule has 1 unspecified atom stereocenters. The van der Waals surface area contributed by atoms with Gasteiger partial charge in [-0.05, 0) is 32.9 Å². The van der Waals surface area contributed by atoms with E-state index in [1.54, 1.807) is 0 Å². The van der Waals surface area contributed by atoms with E-state index >= 15 is 0 Å². The van der Waals surface area contributed by atoms with Crippen LogP contribution >= 0.6 is 0 Å². The summed E-state index contributed by atoms with van der Waals surface area (Å²) in [4.78, 5) is 0. The lowest BCUT2D eigenvalue weighted by Gasteiger charge is -2.10. The molecular formula is C13H23N3. The second-order valence-corrected chi connectivity index (χ2v) is 4.95. The van der Waals surface area contributed by atoms with Crippen molar-refractivity contribution in [3.63, 3.8) is 0 Å². The number of H-pyrrole nitrogens is 1. The van der Waals surface area contributed by atoms with Gasteiger partial charge in [-0.2, -0.15) is 5.10 Å². The normalized spacial score (nSPS) is 20.6. The van der Waals surface area contributed by atoms with Crippen LogP contribution in [0.3, 0.4) is 0 Å². The minimum Gasteiger partial charge on any atom is -0.312 e. The summed E-state index contributed by atoms with van der Waals surface area (Å²) in [6.07, 6.45) is 8.22. The second-order valence-electron chi connectivity index (χ2n) is 4.95. The number of hydrogen-bond donors (Lipinski definition) is 2. The molecule has 0 saturated heterocycles. The van der Waals surface area contributed by atoms with E-state index in [9.17, 15) is 0 Å². The third-order valence-corrected chi connectivity index (χ3v) is 3.79. The molecular weight excluding hydrogens is 198 g/mol. The lowest BCUT2D eigenvalue weighted by molar-refractivity contribution is 0.576. The van der Waals surface area contributed by atoms with E-state index in [0.29, 0.717) is 12.0 Å². The average Bonchev–Trinajstić information content (AvgIpc) is 2.64. The molecule has 0 bridgehead atoms. The van der Waals surface area contributed by atoms with E-state index in [1.165, 1.54) is 44.2 Å².